The summed E-state index contributed by atoms with van der Waals surface area (Å²) in [4.78, 5) is 11.3. The molecule has 1 rings (SSSR count). The molecule has 1 aromatic carbocycles. The summed E-state index contributed by atoms with van der Waals surface area (Å²) in [6.07, 6.45) is 0. The summed E-state index contributed by atoms with van der Waals surface area (Å²) in [5.74, 6) is 0. The van der Waals surface area contributed by atoms with Crippen molar-refractivity contribution in [3.63, 3.8) is 0 Å². The lowest BCUT2D eigenvalue weighted by atomic mass is 10.3. The smallest absolute Gasteiger partial charge is 0.319 e. The lowest BCUT2D eigenvalue weighted by molar-refractivity contribution is 0.198. The average molecular weight is 209 g/mol. The molecule has 0 radical (unpaired) electrons. The molecule has 0 fully saturated rings. The molecule has 82 valence electrons. The molecule has 0 saturated heterocycles. The van der Waals surface area contributed by atoms with Gasteiger partial charge in [-0.05, 0) is 24.3 Å². The largest absolute Gasteiger partial charge is 0.399 e. The van der Waals surface area contributed by atoms with Gasteiger partial charge in [0.25, 0.3) is 0 Å². The second-order valence-electron chi connectivity index (χ2n) is 3.00. The third-order valence-corrected chi connectivity index (χ3v) is 1.76. The Morgan fingerprint density at radius 3 is 2.67 bits per heavy atom. The predicted molar refractivity (Wildman–Crippen MR) is 59.8 cm³/mol. The fraction of sp³-hybridized carbons (Fsp3) is 0.300. The number of methoxy groups -OCH3 is 1. The Bertz CT molecular complexity index is 311. The molecule has 0 unspecified atom stereocenters. The normalized spacial score (nSPS) is 9.67. The molecule has 4 N–H and O–H groups in total. The zero-order valence-corrected chi connectivity index (χ0v) is 8.62. The molecular formula is C10H15N3O2. The highest BCUT2D eigenvalue weighted by atomic mass is 16.5. The summed E-state index contributed by atoms with van der Waals surface area (Å²) in [5.41, 5.74) is 6.89. The van der Waals surface area contributed by atoms with Gasteiger partial charge in [0.15, 0.2) is 0 Å². The number of nitrogen functional groups attached to an aromatic ring is 1. The van der Waals surface area contributed by atoms with Crippen LogP contribution in [0.25, 0.3) is 0 Å². The van der Waals surface area contributed by atoms with Gasteiger partial charge in [0.1, 0.15) is 0 Å². The van der Waals surface area contributed by atoms with Gasteiger partial charge >= 0.3 is 6.03 Å². The second kappa shape index (κ2) is 5.87. The molecule has 0 aliphatic heterocycles. The SMILES string of the molecule is COCCNC(=O)Nc1ccc(N)cc1. The van der Waals surface area contributed by atoms with E-state index < -0.39 is 0 Å². The standard InChI is InChI=1S/C10H15N3O2/c1-15-7-6-12-10(14)13-9-4-2-8(11)3-5-9/h2-5H,6-7,11H2,1H3,(H2,12,13,14). The Kier molecular flexibility index (Phi) is 4.43. The zero-order chi connectivity index (χ0) is 11.1. The minimum absolute atomic E-state index is 0.253. The van der Waals surface area contributed by atoms with Gasteiger partial charge in [-0.2, -0.15) is 0 Å². The minimum Gasteiger partial charge on any atom is -0.399 e. The van der Waals surface area contributed by atoms with Crippen molar-refractivity contribution in [3.05, 3.63) is 24.3 Å². The number of nitrogens with one attached hydrogen (secondary N) is 2. The summed E-state index contributed by atoms with van der Waals surface area (Å²) in [6, 6.07) is 6.68. The number of benzene rings is 1. The fourth-order valence-electron chi connectivity index (χ4n) is 1.01. The van der Waals surface area contributed by atoms with Crippen LogP contribution in [0.3, 0.4) is 0 Å². The number of ether oxygens (including phenoxy) is 1. The predicted octanol–water partition coefficient (Wildman–Crippen LogP) is 1.04. The molecule has 15 heavy (non-hydrogen) atoms. The Morgan fingerprint density at radius 1 is 1.40 bits per heavy atom. The average Bonchev–Trinajstić information content (AvgIpc) is 2.22. The van der Waals surface area contributed by atoms with Crippen LogP contribution in [-0.4, -0.2) is 26.3 Å². The van der Waals surface area contributed by atoms with Gasteiger partial charge in [0.2, 0.25) is 0 Å². The van der Waals surface area contributed by atoms with Crippen molar-refractivity contribution >= 4 is 17.4 Å². The molecule has 1 aromatic rings. The van der Waals surface area contributed by atoms with E-state index in [1.54, 1.807) is 31.4 Å². The number of hydrogen-bond acceptors (Lipinski definition) is 3. The number of carbonyl (C=O) groups is 1. The highest BCUT2D eigenvalue weighted by Gasteiger charge is 1.99. The first-order valence-corrected chi connectivity index (χ1v) is 4.61. The van der Waals surface area contributed by atoms with Crippen LogP contribution in [-0.2, 0) is 4.74 Å². The molecule has 0 bridgehead atoms. The minimum atomic E-state index is -0.253. The number of amides is 2. The van der Waals surface area contributed by atoms with Gasteiger partial charge < -0.3 is 21.1 Å². The van der Waals surface area contributed by atoms with Crippen LogP contribution in [0.5, 0.6) is 0 Å². The van der Waals surface area contributed by atoms with Crippen LogP contribution < -0.4 is 16.4 Å². The van der Waals surface area contributed by atoms with Gasteiger partial charge in [-0.3, -0.25) is 0 Å². The van der Waals surface area contributed by atoms with Crippen LogP contribution >= 0.6 is 0 Å². The molecule has 5 nitrogen and oxygen atoms in total. The number of rotatable bonds is 4. The number of nitrogens with two attached hydrogens (primary N) is 1. The maximum Gasteiger partial charge on any atom is 0.319 e. The highest BCUT2D eigenvalue weighted by Crippen LogP contribution is 2.09. The summed E-state index contributed by atoms with van der Waals surface area (Å²) in [5, 5.41) is 5.31. The van der Waals surface area contributed by atoms with E-state index in [9.17, 15) is 4.79 Å². The summed E-state index contributed by atoms with van der Waals surface area (Å²) < 4.78 is 4.80. The molecule has 0 aliphatic carbocycles. The third kappa shape index (κ3) is 4.33. The highest BCUT2D eigenvalue weighted by molar-refractivity contribution is 5.89. The monoisotopic (exact) mass is 209 g/mol. The van der Waals surface area contributed by atoms with Gasteiger partial charge in [-0.25, -0.2) is 4.79 Å². The number of urea groups is 1. The summed E-state index contributed by atoms with van der Waals surface area (Å²) >= 11 is 0. The van der Waals surface area contributed by atoms with Crippen molar-refractivity contribution in [1.82, 2.24) is 5.32 Å². The maximum atomic E-state index is 11.3. The van der Waals surface area contributed by atoms with E-state index in [0.717, 1.165) is 0 Å². The number of hydrogen-bond donors (Lipinski definition) is 3. The first kappa shape index (κ1) is 11.3. The topological polar surface area (TPSA) is 76.4 Å². The van der Waals surface area contributed by atoms with Crippen molar-refractivity contribution in [2.45, 2.75) is 0 Å². The van der Waals surface area contributed by atoms with Crippen LogP contribution in [0.4, 0.5) is 16.2 Å². The van der Waals surface area contributed by atoms with Gasteiger partial charge in [-0.15, -0.1) is 0 Å². The Balaban J connectivity index is 2.34. The molecule has 0 aromatic heterocycles. The van der Waals surface area contributed by atoms with Crippen LogP contribution in [0, 0.1) is 0 Å². The Hall–Kier alpha value is -1.75. The summed E-state index contributed by atoms with van der Waals surface area (Å²) in [6.45, 7) is 0.979. The molecule has 5 heteroatoms. The van der Waals surface area contributed by atoms with Crippen LogP contribution in [0.1, 0.15) is 0 Å². The number of anilines is 2. The molecule has 0 heterocycles. The van der Waals surface area contributed by atoms with E-state index in [0.29, 0.717) is 24.5 Å². The summed E-state index contributed by atoms with van der Waals surface area (Å²) in [7, 11) is 1.58. The maximum absolute atomic E-state index is 11.3. The quantitative estimate of drug-likeness (QED) is 0.512. The first-order chi connectivity index (χ1) is 7.22. The number of carbonyl (C=O) groups excluding carboxylic acids is 1. The van der Waals surface area contributed by atoms with E-state index >= 15 is 0 Å². The van der Waals surface area contributed by atoms with Crippen molar-refractivity contribution in [3.8, 4) is 0 Å². The second-order valence-corrected chi connectivity index (χ2v) is 3.00. The van der Waals surface area contributed by atoms with Crippen molar-refractivity contribution in [2.75, 3.05) is 31.3 Å². The van der Waals surface area contributed by atoms with E-state index in [1.807, 2.05) is 0 Å². The third-order valence-electron chi connectivity index (χ3n) is 1.76. The van der Waals surface area contributed by atoms with Gasteiger partial charge in [-0.1, -0.05) is 0 Å². The van der Waals surface area contributed by atoms with E-state index in [1.165, 1.54) is 0 Å². The van der Waals surface area contributed by atoms with E-state index in [2.05, 4.69) is 10.6 Å². The van der Waals surface area contributed by atoms with Crippen molar-refractivity contribution in [2.24, 2.45) is 0 Å². The van der Waals surface area contributed by atoms with Crippen LogP contribution in [0.15, 0.2) is 24.3 Å². The Labute approximate surface area is 88.6 Å². The first-order valence-electron chi connectivity index (χ1n) is 4.61. The molecular weight excluding hydrogens is 194 g/mol. The van der Waals surface area contributed by atoms with Gasteiger partial charge in [0.05, 0.1) is 6.61 Å². The lowest BCUT2D eigenvalue weighted by Crippen LogP contribution is -2.31. The van der Waals surface area contributed by atoms with E-state index in [-0.39, 0.29) is 6.03 Å². The van der Waals surface area contributed by atoms with Crippen LogP contribution in [0.2, 0.25) is 0 Å². The molecule has 0 spiro atoms. The lowest BCUT2D eigenvalue weighted by Gasteiger charge is -2.06. The van der Waals surface area contributed by atoms with Gasteiger partial charge in [0, 0.05) is 25.0 Å². The molecule has 0 atom stereocenters. The van der Waals surface area contributed by atoms with Crippen molar-refractivity contribution in [1.29, 1.82) is 0 Å². The van der Waals surface area contributed by atoms with Crippen molar-refractivity contribution < 1.29 is 9.53 Å². The molecule has 0 aliphatic rings. The molecule has 2 amide bonds. The van der Waals surface area contributed by atoms with E-state index in [4.69, 9.17) is 10.5 Å². The molecule has 0 saturated carbocycles. The fourth-order valence-corrected chi connectivity index (χ4v) is 1.01. The Morgan fingerprint density at radius 2 is 2.07 bits per heavy atom. The zero-order valence-electron chi connectivity index (χ0n) is 8.62.